The summed E-state index contributed by atoms with van der Waals surface area (Å²) in [7, 11) is 0. The third-order valence-corrected chi connectivity index (χ3v) is 6.15. The van der Waals surface area contributed by atoms with Gasteiger partial charge in [-0.3, -0.25) is 14.4 Å². The summed E-state index contributed by atoms with van der Waals surface area (Å²) in [6, 6.07) is 9.67. The largest absolute Gasteiger partial charge is 0.457 e. The highest BCUT2D eigenvalue weighted by atomic mass is 32.1. The Morgan fingerprint density at radius 2 is 1.86 bits per heavy atom. The van der Waals surface area contributed by atoms with E-state index in [1.165, 1.54) is 24.3 Å². The van der Waals surface area contributed by atoms with E-state index in [9.17, 15) is 18.8 Å². The third-order valence-electron chi connectivity index (χ3n) is 5.02. The van der Waals surface area contributed by atoms with Crippen molar-refractivity contribution < 1.29 is 23.5 Å². The molecule has 2 aromatic rings. The zero-order valence-electron chi connectivity index (χ0n) is 15.6. The Labute approximate surface area is 166 Å². The van der Waals surface area contributed by atoms with Crippen molar-refractivity contribution in [2.75, 3.05) is 6.61 Å². The second-order valence-corrected chi connectivity index (χ2v) is 8.11. The van der Waals surface area contributed by atoms with Crippen LogP contribution in [0.25, 0.3) is 0 Å². The minimum atomic E-state index is -1.02. The molecule has 1 aliphatic rings. The fourth-order valence-corrected chi connectivity index (χ4v) is 4.46. The highest BCUT2D eigenvalue weighted by Gasteiger charge is 2.46. The number of ether oxygens (including phenoxy) is 1. The van der Waals surface area contributed by atoms with E-state index in [4.69, 9.17) is 4.74 Å². The summed E-state index contributed by atoms with van der Waals surface area (Å²) in [6.07, 6.45) is 2.66. The van der Waals surface area contributed by atoms with Crippen molar-refractivity contribution in [3.05, 3.63) is 57.5 Å². The van der Waals surface area contributed by atoms with E-state index in [2.05, 4.69) is 5.32 Å². The molecule has 5 nitrogen and oxygen atoms in total. The van der Waals surface area contributed by atoms with Gasteiger partial charge in [0.05, 0.1) is 16.8 Å². The van der Waals surface area contributed by atoms with Gasteiger partial charge in [0.2, 0.25) is 11.7 Å². The van der Waals surface area contributed by atoms with Gasteiger partial charge in [0.25, 0.3) is 0 Å². The first-order valence-corrected chi connectivity index (χ1v) is 10.0. The van der Waals surface area contributed by atoms with Gasteiger partial charge >= 0.3 is 5.97 Å². The van der Waals surface area contributed by atoms with Crippen molar-refractivity contribution in [2.24, 2.45) is 0 Å². The molecule has 0 spiro atoms. The Bertz CT molecular complexity index is 886. The van der Waals surface area contributed by atoms with E-state index >= 15 is 0 Å². The Morgan fingerprint density at radius 3 is 2.54 bits per heavy atom. The first-order valence-electron chi connectivity index (χ1n) is 9.21. The Balaban J connectivity index is 1.66. The minimum Gasteiger partial charge on any atom is -0.457 e. The third kappa shape index (κ3) is 4.30. The number of nitrogens with one attached hydrogen (secondary N) is 1. The topological polar surface area (TPSA) is 72.5 Å². The number of esters is 1. The molecule has 0 bridgehead atoms. The van der Waals surface area contributed by atoms with Crippen LogP contribution in [-0.4, -0.2) is 24.3 Å². The van der Waals surface area contributed by atoms with Crippen LogP contribution in [0.15, 0.2) is 36.4 Å². The van der Waals surface area contributed by atoms with Crippen LogP contribution in [0.1, 0.15) is 52.7 Å². The van der Waals surface area contributed by atoms with Crippen LogP contribution >= 0.6 is 11.3 Å². The lowest BCUT2D eigenvalue weighted by Crippen LogP contribution is -2.36. The van der Waals surface area contributed by atoms with Crippen LogP contribution < -0.4 is 5.32 Å². The van der Waals surface area contributed by atoms with Crippen LogP contribution in [0.2, 0.25) is 0 Å². The number of carbonyl (C=O) groups is 3. The van der Waals surface area contributed by atoms with Gasteiger partial charge in [-0.05, 0) is 31.0 Å². The van der Waals surface area contributed by atoms with Crippen molar-refractivity contribution in [3.63, 3.8) is 0 Å². The molecule has 1 aliphatic carbocycles. The fraction of sp³-hybridized carbons (Fsp3) is 0.381. The molecule has 148 valence electrons. The molecule has 1 amide bonds. The first kappa shape index (κ1) is 20.2. The number of ketones is 1. The van der Waals surface area contributed by atoms with E-state index in [0.29, 0.717) is 29.8 Å². The van der Waals surface area contributed by atoms with Gasteiger partial charge < -0.3 is 10.1 Å². The van der Waals surface area contributed by atoms with Crippen LogP contribution in [0, 0.1) is 5.82 Å². The summed E-state index contributed by atoms with van der Waals surface area (Å²) in [6.45, 7) is 1.39. The summed E-state index contributed by atoms with van der Waals surface area (Å²) in [5.41, 5.74) is -0.670. The Hall–Kier alpha value is -2.54. The molecular weight excluding hydrogens is 381 g/mol. The smallest absolute Gasteiger partial charge is 0.317 e. The number of thiophene rings is 1. The molecule has 7 heteroatoms. The number of benzene rings is 1. The van der Waals surface area contributed by atoms with Gasteiger partial charge in [0.15, 0.2) is 6.61 Å². The SMILES string of the molecule is CC(=O)NCc1ccc(C(=O)COC(=O)C2(c3ccccc3F)CCCC2)s1. The number of Topliss-reactive ketones (excluding diaryl/α,β-unsaturated/α-hetero) is 1. The van der Waals surface area contributed by atoms with E-state index in [1.807, 2.05) is 0 Å². The highest BCUT2D eigenvalue weighted by Crippen LogP contribution is 2.43. The zero-order chi connectivity index (χ0) is 20.1. The van der Waals surface area contributed by atoms with Crippen LogP contribution in [-0.2, 0) is 26.3 Å². The second-order valence-electron chi connectivity index (χ2n) is 6.94. The maximum Gasteiger partial charge on any atom is 0.317 e. The second kappa shape index (κ2) is 8.65. The van der Waals surface area contributed by atoms with Crippen LogP contribution in [0.5, 0.6) is 0 Å². The normalized spacial score (nSPS) is 15.2. The van der Waals surface area contributed by atoms with Crippen molar-refractivity contribution in [3.8, 4) is 0 Å². The molecule has 1 aromatic carbocycles. The van der Waals surface area contributed by atoms with E-state index in [-0.39, 0.29) is 18.3 Å². The molecule has 28 heavy (non-hydrogen) atoms. The lowest BCUT2D eigenvalue weighted by atomic mass is 9.78. The van der Waals surface area contributed by atoms with Crippen LogP contribution in [0.4, 0.5) is 4.39 Å². The predicted octanol–water partition coefficient (Wildman–Crippen LogP) is 3.76. The molecule has 3 rings (SSSR count). The number of amides is 1. The standard InChI is InChI=1S/C21H22FNO4S/c1-14(24)23-12-15-8-9-19(28-15)18(25)13-27-20(26)21(10-4-5-11-21)16-6-2-3-7-17(16)22/h2-3,6-9H,4-5,10-13H2,1H3,(H,23,24). The Kier molecular flexibility index (Phi) is 6.24. The first-order chi connectivity index (χ1) is 13.4. The van der Waals surface area contributed by atoms with Gasteiger partial charge in [-0.25, -0.2) is 4.39 Å². The number of halogens is 1. The summed E-state index contributed by atoms with van der Waals surface area (Å²) < 4.78 is 19.7. The molecule has 1 heterocycles. The summed E-state index contributed by atoms with van der Waals surface area (Å²) >= 11 is 1.25. The lowest BCUT2D eigenvalue weighted by Gasteiger charge is -2.27. The number of hydrogen-bond acceptors (Lipinski definition) is 5. The summed E-state index contributed by atoms with van der Waals surface area (Å²) in [5, 5.41) is 2.67. The highest BCUT2D eigenvalue weighted by molar-refractivity contribution is 7.14. The quantitative estimate of drug-likeness (QED) is 0.564. The van der Waals surface area contributed by atoms with E-state index < -0.39 is 17.2 Å². The molecule has 0 unspecified atom stereocenters. The average molecular weight is 403 g/mol. The van der Waals surface area contributed by atoms with E-state index in [0.717, 1.165) is 17.7 Å². The summed E-state index contributed by atoms with van der Waals surface area (Å²) in [4.78, 5) is 37.5. The monoisotopic (exact) mass is 403 g/mol. The molecule has 1 N–H and O–H groups in total. The molecular formula is C21H22FNO4S. The molecule has 0 aliphatic heterocycles. The number of rotatable bonds is 7. The molecule has 0 radical (unpaired) electrons. The Morgan fingerprint density at radius 1 is 1.14 bits per heavy atom. The van der Waals surface area contributed by atoms with Gasteiger partial charge in [0, 0.05) is 17.4 Å². The van der Waals surface area contributed by atoms with Crippen LogP contribution in [0.3, 0.4) is 0 Å². The molecule has 1 saturated carbocycles. The average Bonchev–Trinajstić information content (AvgIpc) is 3.35. The lowest BCUT2D eigenvalue weighted by molar-refractivity contribution is -0.149. The van der Waals surface area contributed by atoms with Gasteiger partial charge in [-0.2, -0.15) is 0 Å². The molecule has 0 saturated heterocycles. The molecule has 1 aromatic heterocycles. The number of carbonyl (C=O) groups excluding carboxylic acids is 3. The van der Waals surface area contributed by atoms with Crippen molar-refractivity contribution in [2.45, 2.75) is 44.6 Å². The maximum absolute atomic E-state index is 14.3. The van der Waals surface area contributed by atoms with Crippen molar-refractivity contribution in [1.29, 1.82) is 0 Å². The minimum absolute atomic E-state index is 0.148. The van der Waals surface area contributed by atoms with Crippen molar-refractivity contribution >= 4 is 29.0 Å². The zero-order valence-corrected chi connectivity index (χ0v) is 16.4. The van der Waals surface area contributed by atoms with Crippen molar-refractivity contribution in [1.82, 2.24) is 5.32 Å². The maximum atomic E-state index is 14.3. The predicted molar refractivity (Wildman–Crippen MR) is 104 cm³/mol. The van der Waals surface area contributed by atoms with Gasteiger partial charge in [-0.15, -0.1) is 11.3 Å². The van der Waals surface area contributed by atoms with Gasteiger partial charge in [0.1, 0.15) is 5.82 Å². The summed E-state index contributed by atoms with van der Waals surface area (Å²) in [5.74, 6) is -1.42. The fourth-order valence-electron chi connectivity index (χ4n) is 3.59. The number of hydrogen-bond donors (Lipinski definition) is 1. The molecule has 0 atom stereocenters. The van der Waals surface area contributed by atoms with E-state index in [1.54, 1.807) is 30.3 Å². The van der Waals surface area contributed by atoms with Gasteiger partial charge in [-0.1, -0.05) is 31.0 Å². The molecule has 1 fully saturated rings.